The minimum Gasteiger partial charge on any atom is -0.494 e. The molecule has 1 atom stereocenters. The maximum Gasteiger partial charge on any atom is 0.225 e. The van der Waals surface area contributed by atoms with Crippen LogP contribution in [0.25, 0.3) is 0 Å². The fourth-order valence-electron chi connectivity index (χ4n) is 3.98. The lowest BCUT2D eigenvalue weighted by Gasteiger charge is -2.20. The summed E-state index contributed by atoms with van der Waals surface area (Å²) in [5.74, 6) is 0.216. The van der Waals surface area contributed by atoms with Gasteiger partial charge in [0.2, 0.25) is 11.8 Å². The molecule has 2 aromatic rings. The summed E-state index contributed by atoms with van der Waals surface area (Å²) in [5.41, 5.74) is 1.99. The first-order valence-corrected chi connectivity index (χ1v) is 12.7. The Morgan fingerprint density at radius 1 is 1.09 bits per heavy atom. The highest BCUT2D eigenvalue weighted by Gasteiger charge is 2.30. The van der Waals surface area contributed by atoms with E-state index in [0.717, 1.165) is 11.3 Å². The second-order valence-electron chi connectivity index (χ2n) is 7.87. The van der Waals surface area contributed by atoms with E-state index in [4.69, 9.17) is 9.47 Å². The molecule has 1 aliphatic heterocycles. The van der Waals surface area contributed by atoms with E-state index < -0.39 is 15.7 Å². The third-order valence-electron chi connectivity index (χ3n) is 5.40. The third kappa shape index (κ3) is 5.65. The van der Waals surface area contributed by atoms with Crippen molar-refractivity contribution in [1.29, 1.82) is 0 Å². The summed E-state index contributed by atoms with van der Waals surface area (Å²) in [7, 11) is -3.68. The number of nitrogens with zero attached hydrogens (tertiary/aromatic N) is 1. The molecule has 33 heavy (non-hydrogen) atoms. The van der Waals surface area contributed by atoms with Crippen LogP contribution >= 0.6 is 0 Å². The van der Waals surface area contributed by atoms with E-state index in [1.54, 1.807) is 35.2 Å². The van der Waals surface area contributed by atoms with Gasteiger partial charge in [-0.05, 0) is 63.1 Å². The van der Waals surface area contributed by atoms with Gasteiger partial charge in [-0.2, -0.15) is 0 Å². The van der Waals surface area contributed by atoms with Crippen LogP contribution in [0.3, 0.4) is 0 Å². The number of amides is 2. The normalized spacial score (nSPS) is 15.2. The number of nitrogens with one attached hydrogen (secondary N) is 1. The molecule has 9 heteroatoms. The zero-order valence-corrected chi connectivity index (χ0v) is 20.2. The highest BCUT2D eigenvalue weighted by molar-refractivity contribution is 7.91. The standard InChI is InChI=1S/C24H30N2O6S/c1-5-31-19-7-10-23(32-6-2)21(15-19)25-24(28)11-12-33(29,30)20-8-9-22-18(14-20)13-16(3)26(22)17(4)27/h7-10,14-16H,5-6,11-13H2,1-4H3,(H,25,28)/t16-/m0/s1. The number of rotatable bonds is 9. The summed E-state index contributed by atoms with van der Waals surface area (Å²) in [4.78, 5) is 26.3. The van der Waals surface area contributed by atoms with Crippen molar-refractivity contribution in [2.45, 2.75) is 51.5 Å². The van der Waals surface area contributed by atoms with Gasteiger partial charge in [0.1, 0.15) is 11.5 Å². The van der Waals surface area contributed by atoms with Crippen molar-refractivity contribution in [2.75, 3.05) is 29.2 Å². The lowest BCUT2D eigenvalue weighted by Crippen LogP contribution is -2.33. The van der Waals surface area contributed by atoms with Gasteiger partial charge in [-0.25, -0.2) is 8.42 Å². The molecule has 2 amide bonds. The van der Waals surface area contributed by atoms with Crippen molar-refractivity contribution in [3.63, 3.8) is 0 Å². The van der Waals surface area contributed by atoms with Crippen LogP contribution in [0.4, 0.5) is 11.4 Å². The molecular weight excluding hydrogens is 444 g/mol. The largest absolute Gasteiger partial charge is 0.494 e. The summed E-state index contributed by atoms with van der Waals surface area (Å²) in [6, 6.07) is 9.87. The predicted octanol–water partition coefficient (Wildman–Crippen LogP) is 3.58. The van der Waals surface area contributed by atoms with Crippen molar-refractivity contribution in [3.8, 4) is 11.5 Å². The van der Waals surface area contributed by atoms with Crippen LogP contribution in [0.15, 0.2) is 41.3 Å². The second-order valence-corrected chi connectivity index (χ2v) is 9.98. The minimum atomic E-state index is -3.68. The zero-order valence-electron chi connectivity index (χ0n) is 19.4. The van der Waals surface area contributed by atoms with Crippen LogP contribution in [0.5, 0.6) is 11.5 Å². The minimum absolute atomic E-state index is 0.0202. The number of anilines is 2. The Bertz CT molecular complexity index is 1150. The Hall–Kier alpha value is -3.07. The van der Waals surface area contributed by atoms with Gasteiger partial charge < -0.3 is 19.7 Å². The molecule has 0 aliphatic carbocycles. The van der Waals surface area contributed by atoms with Crippen LogP contribution < -0.4 is 19.7 Å². The molecule has 0 radical (unpaired) electrons. The van der Waals surface area contributed by atoms with E-state index >= 15 is 0 Å². The fourth-order valence-corrected chi connectivity index (χ4v) is 5.27. The smallest absolute Gasteiger partial charge is 0.225 e. The van der Waals surface area contributed by atoms with E-state index in [0.29, 0.717) is 36.8 Å². The van der Waals surface area contributed by atoms with Crippen LogP contribution in [-0.4, -0.2) is 45.2 Å². The van der Waals surface area contributed by atoms with Gasteiger partial charge in [0.25, 0.3) is 0 Å². The average molecular weight is 475 g/mol. The summed E-state index contributed by atoms with van der Waals surface area (Å²) < 4.78 is 36.8. The number of sulfone groups is 1. The van der Waals surface area contributed by atoms with Crippen LogP contribution in [0.1, 0.15) is 39.7 Å². The number of hydrogen-bond acceptors (Lipinski definition) is 6. The predicted molar refractivity (Wildman–Crippen MR) is 127 cm³/mol. The molecule has 3 rings (SSSR count). The summed E-state index contributed by atoms with van der Waals surface area (Å²) >= 11 is 0. The lowest BCUT2D eigenvalue weighted by atomic mass is 10.1. The molecule has 0 bridgehead atoms. The van der Waals surface area contributed by atoms with Gasteiger partial charge in [-0.3, -0.25) is 9.59 Å². The molecule has 1 N–H and O–H groups in total. The maximum atomic E-state index is 12.9. The number of hydrogen-bond donors (Lipinski definition) is 1. The molecule has 0 fully saturated rings. The highest BCUT2D eigenvalue weighted by atomic mass is 32.2. The van der Waals surface area contributed by atoms with Crippen molar-refractivity contribution >= 4 is 33.0 Å². The summed E-state index contributed by atoms with van der Waals surface area (Å²) in [6.45, 7) is 8.01. The van der Waals surface area contributed by atoms with E-state index in [9.17, 15) is 18.0 Å². The van der Waals surface area contributed by atoms with E-state index in [1.807, 2.05) is 20.8 Å². The molecule has 178 valence electrons. The Kier molecular flexibility index (Phi) is 7.63. The molecule has 0 spiro atoms. The van der Waals surface area contributed by atoms with Gasteiger partial charge >= 0.3 is 0 Å². The topological polar surface area (TPSA) is 102 Å². The van der Waals surface area contributed by atoms with Crippen molar-refractivity contribution in [1.82, 2.24) is 0 Å². The molecule has 1 aliphatic rings. The van der Waals surface area contributed by atoms with Crippen LogP contribution in [0, 0.1) is 0 Å². The molecule has 0 unspecified atom stereocenters. The van der Waals surface area contributed by atoms with Crippen LogP contribution in [0.2, 0.25) is 0 Å². The van der Waals surface area contributed by atoms with Crippen molar-refractivity contribution in [3.05, 3.63) is 42.0 Å². The van der Waals surface area contributed by atoms with E-state index in [1.165, 1.54) is 13.0 Å². The first-order valence-electron chi connectivity index (χ1n) is 11.0. The summed E-state index contributed by atoms with van der Waals surface area (Å²) in [5, 5.41) is 2.73. The molecule has 8 nitrogen and oxygen atoms in total. The highest BCUT2D eigenvalue weighted by Crippen LogP contribution is 2.34. The number of fused-ring (bicyclic) bond motifs is 1. The number of carbonyl (C=O) groups excluding carboxylic acids is 2. The van der Waals surface area contributed by atoms with Gasteiger partial charge in [-0.15, -0.1) is 0 Å². The molecule has 0 aromatic heterocycles. The average Bonchev–Trinajstić information content (AvgIpc) is 3.09. The van der Waals surface area contributed by atoms with Crippen molar-refractivity contribution < 1.29 is 27.5 Å². The van der Waals surface area contributed by atoms with E-state index in [-0.39, 0.29) is 29.0 Å². The molecule has 0 saturated heterocycles. The second kappa shape index (κ2) is 10.2. The summed E-state index contributed by atoms with van der Waals surface area (Å²) in [6.07, 6.45) is 0.384. The monoisotopic (exact) mass is 474 g/mol. The zero-order chi connectivity index (χ0) is 24.2. The number of ether oxygens (including phenoxy) is 2. The SMILES string of the molecule is CCOc1ccc(OCC)c(NC(=O)CCS(=O)(=O)c2ccc3c(c2)C[C@H](C)N3C(C)=O)c1. The lowest BCUT2D eigenvalue weighted by molar-refractivity contribution is -0.117. The van der Waals surface area contributed by atoms with E-state index in [2.05, 4.69) is 5.32 Å². The quantitative estimate of drug-likeness (QED) is 0.596. The first-order chi connectivity index (χ1) is 15.7. The fraction of sp³-hybridized carbons (Fsp3) is 0.417. The third-order valence-corrected chi connectivity index (χ3v) is 7.11. The molecule has 1 heterocycles. The Morgan fingerprint density at radius 2 is 1.82 bits per heavy atom. The van der Waals surface area contributed by atoms with Gasteiger partial charge in [0.15, 0.2) is 9.84 Å². The molecular formula is C24H30N2O6S. The Balaban J connectivity index is 1.70. The van der Waals surface area contributed by atoms with Gasteiger partial charge in [-0.1, -0.05) is 0 Å². The Morgan fingerprint density at radius 3 is 2.48 bits per heavy atom. The van der Waals surface area contributed by atoms with Gasteiger partial charge in [0.05, 0.1) is 29.5 Å². The van der Waals surface area contributed by atoms with Crippen molar-refractivity contribution in [2.24, 2.45) is 0 Å². The van der Waals surface area contributed by atoms with Gasteiger partial charge in [0, 0.05) is 31.1 Å². The number of benzene rings is 2. The number of carbonyl (C=O) groups is 2. The van der Waals surface area contributed by atoms with Crippen LogP contribution in [-0.2, 0) is 25.8 Å². The maximum absolute atomic E-state index is 12.9. The molecule has 2 aromatic carbocycles. The molecule has 0 saturated carbocycles. The first kappa shape index (κ1) is 24.6. The Labute approximate surface area is 194 Å².